The SMILES string of the molecule is CCCC(CNC1CC1)Oc1ccc(Cl)cc1. The van der Waals surface area contributed by atoms with Crippen LogP contribution in [0.2, 0.25) is 5.02 Å². The summed E-state index contributed by atoms with van der Waals surface area (Å²) in [6, 6.07) is 8.34. The molecule has 1 fully saturated rings. The number of halogens is 1. The van der Waals surface area contributed by atoms with Gasteiger partial charge in [-0.25, -0.2) is 0 Å². The Labute approximate surface area is 108 Å². The van der Waals surface area contributed by atoms with E-state index in [1.165, 1.54) is 12.8 Å². The largest absolute Gasteiger partial charge is 0.489 e. The molecule has 17 heavy (non-hydrogen) atoms. The molecule has 0 radical (unpaired) electrons. The Morgan fingerprint density at radius 2 is 2.06 bits per heavy atom. The third-order valence-electron chi connectivity index (χ3n) is 2.94. The van der Waals surface area contributed by atoms with E-state index in [0.717, 1.165) is 36.2 Å². The first-order valence-corrected chi connectivity index (χ1v) is 6.81. The van der Waals surface area contributed by atoms with Crippen molar-refractivity contribution in [3.8, 4) is 5.75 Å². The van der Waals surface area contributed by atoms with E-state index in [4.69, 9.17) is 16.3 Å². The summed E-state index contributed by atoms with van der Waals surface area (Å²) < 4.78 is 5.97. The molecule has 0 amide bonds. The lowest BCUT2D eigenvalue weighted by Crippen LogP contribution is -2.32. The molecule has 1 aliphatic rings. The lowest BCUT2D eigenvalue weighted by atomic mass is 10.2. The fraction of sp³-hybridized carbons (Fsp3) is 0.571. The molecule has 0 aromatic heterocycles. The number of hydrogen-bond acceptors (Lipinski definition) is 2. The summed E-state index contributed by atoms with van der Waals surface area (Å²) in [6.07, 6.45) is 5.13. The van der Waals surface area contributed by atoms with Gasteiger partial charge in [-0.05, 0) is 43.5 Å². The topological polar surface area (TPSA) is 21.3 Å². The molecule has 1 aromatic carbocycles. The van der Waals surface area contributed by atoms with Crippen LogP contribution in [0.1, 0.15) is 32.6 Å². The van der Waals surface area contributed by atoms with Crippen molar-refractivity contribution in [3.63, 3.8) is 0 Å². The van der Waals surface area contributed by atoms with Gasteiger partial charge in [0.15, 0.2) is 0 Å². The van der Waals surface area contributed by atoms with Crippen LogP contribution in [0, 0.1) is 0 Å². The van der Waals surface area contributed by atoms with Crippen molar-refractivity contribution in [2.75, 3.05) is 6.54 Å². The zero-order valence-electron chi connectivity index (χ0n) is 10.3. The molecule has 94 valence electrons. The highest BCUT2D eigenvalue weighted by molar-refractivity contribution is 6.30. The Kier molecular flexibility index (Phi) is 4.69. The monoisotopic (exact) mass is 253 g/mol. The average Bonchev–Trinajstić information content (AvgIpc) is 3.13. The van der Waals surface area contributed by atoms with Crippen LogP contribution in [0.5, 0.6) is 5.75 Å². The molecule has 1 N–H and O–H groups in total. The second kappa shape index (κ2) is 6.27. The molecule has 1 aliphatic carbocycles. The number of ether oxygens (including phenoxy) is 1. The Morgan fingerprint density at radius 1 is 1.35 bits per heavy atom. The lowest BCUT2D eigenvalue weighted by molar-refractivity contribution is 0.186. The molecule has 0 heterocycles. The van der Waals surface area contributed by atoms with E-state index in [9.17, 15) is 0 Å². The molecule has 0 spiro atoms. The first kappa shape index (κ1) is 12.7. The van der Waals surface area contributed by atoms with Crippen molar-refractivity contribution in [2.45, 2.75) is 44.8 Å². The van der Waals surface area contributed by atoms with Crippen LogP contribution in [0.4, 0.5) is 0 Å². The fourth-order valence-corrected chi connectivity index (χ4v) is 1.94. The van der Waals surface area contributed by atoms with E-state index in [1.807, 2.05) is 24.3 Å². The maximum atomic E-state index is 5.97. The zero-order valence-corrected chi connectivity index (χ0v) is 11.0. The van der Waals surface area contributed by atoms with E-state index in [1.54, 1.807) is 0 Å². The summed E-state index contributed by atoms with van der Waals surface area (Å²) in [7, 11) is 0. The van der Waals surface area contributed by atoms with E-state index in [2.05, 4.69) is 12.2 Å². The Bertz CT molecular complexity index is 335. The molecule has 1 atom stereocenters. The summed E-state index contributed by atoms with van der Waals surface area (Å²) in [5.74, 6) is 0.908. The summed E-state index contributed by atoms with van der Waals surface area (Å²) >= 11 is 5.85. The minimum absolute atomic E-state index is 0.266. The van der Waals surface area contributed by atoms with E-state index < -0.39 is 0 Å². The van der Waals surface area contributed by atoms with Crippen molar-refractivity contribution in [2.24, 2.45) is 0 Å². The molecule has 1 unspecified atom stereocenters. The second-order valence-electron chi connectivity index (χ2n) is 4.66. The molecule has 2 rings (SSSR count). The van der Waals surface area contributed by atoms with Gasteiger partial charge in [0.05, 0.1) is 0 Å². The standard InChI is InChI=1S/C14H20ClNO/c1-2-3-14(10-16-12-6-7-12)17-13-8-4-11(15)5-9-13/h4-5,8-9,12,14,16H,2-3,6-7,10H2,1H3. The molecule has 1 saturated carbocycles. The molecule has 0 aliphatic heterocycles. The van der Waals surface area contributed by atoms with Gasteiger partial charge in [-0.3, -0.25) is 0 Å². The lowest BCUT2D eigenvalue weighted by Gasteiger charge is -2.19. The predicted molar refractivity (Wildman–Crippen MR) is 71.8 cm³/mol. The van der Waals surface area contributed by atoms with Crippen molar-refractivity contribution < 1.29 is 4.74 Å². The van der Waals surface area contributed by atoms with E-state index in [0.29, 0.717) is 0 Å². The van der Waals surface area contributed by atoms with Crippen molar-refractivity contribution in [1.29, 1.82) is 0 Å². The highest BCUT2D eigenvalue weighted by Gasteiger charge is 2.22. The minimum Gasteiger partial charge on any atom is -0.489 e. The maximum Gasteiger partial charge on any atom is 0.119 e. The van der Waals surface area contributed by atoms with Crippen LogP contribution >= 0.6 is 11.6 Å². The van der Waals surface area contributed by atoms with Crippen molar-refractivity contribution >= 4 is 11.6 Å². The van der Waals surface area contributed by atoms with Gasteiger partial charge < -0.3 is 10.1 Å². The maximum absolute atomic E-state index is 5.97. The van der Waals surface area contributed by atoms with Crippen LogP contribution in [0.25, 0.3) is 0 Å². The van der Waals surface area contributed by atoms with Gasteiger partial charge in [-0.2, -0.15) is 0 Å². The summed E-state index contributed by atoms with van der Waals surface area (Å²) in [4.78, 5) is 0. The third-order valence-corrected chi connectivity index (χ3v) is 3.19. The van der Waals surface area contributed by atoms with Gasteiger partial charge in [0.1, 0.15) is 11.9 Å². The highest BCUT2D eigenvalue weighted by Crippen LogP contribution is 2.20. The number of benzene rings is 1. The van der Waals surface area contributed by atoms with Gasteiger partial charge in [0.2, 0.25) is 0 Å². The van der Waals surface area contributed by atoms with E-state index in [-0.39, 0.29) is 6.10 Å². The Morgan fingerprint density at radius 3 is 2.65 bits per heavy atom. The number of nitrogens with one attached hydrogen (secondary N) is 1. The molecule has 1 aromatic rings. The minimum atomic E-state index is 0.266. The van der Waals surface area contributed by atoms with E-state index >= 15 is 0 Å². The van der Waals surface area contributed by atoms with Crippen LogP contribution in [0.3, 0.4) is 0 Å². The molecule has 2 nitrogen and oxygen atoms in total. The molecule has 3 heteroatoms. The average molecular weight is 254 g/mol. The van der Waals surface area contributed by atoms with Gasteiger partial charge in [-0.15, -0.1) is 0 Å². The second-order valence-corrected chi connectivity index (χ2v) is 5.10. The molecular weight excluding hydrogens is 234 g/mol. The van der Waals surface area contributed by atoms with Crippen LogP contribution < -0.4 is 10.1 Å². The number of rotatable bonds is 7. The first-order chi connectivity index (χ1) is 8.28. The zero-order chi connectivity index (χ0) is 12.1. The van der Waals surface area contributed by atoms with Crippen LogP contribution in [-0.2, 0) is 0 Å². The number of hydrogen-bond donors (Lipinski definition) is 1. The van der Waals surface area contributed by atoms with Gasteiger partial charge in [-0.1, -0.05) is 24.9 Å². The van der Waals surface area contributed by atoms with Crippen LogP contribution in [0.15, 0.2) is 24.3 Å². The fourth-order valence-electron chi connectivity index (χ4n) is 1.82. The smallest absolute Gasteiger partial charge is 0.119 e. The summed E-state index contributed by atoms with van der Waals surface area (Å²) in [6.45, 7) is 3.14. The first-order valence-electron chi connectivity index (χ1n) is 6.43. The Balaban J connectivity index is 1.84. The van der Waals surface area contributed by atoms with Gasteiger partial charge in [0, 0.05) is 17.6 Å². The van der Waals surface area contributed by atoms with Gasteiger partial charge in [0.25, 0.3) is 0 Å². The summed E-state index contributed by atoms with van der Waals surface area (Å²) in [5.41, 5.74) is 0. The Hall–Kier alpha value is -0.730. The highest BCUT2D eigenvalue weighted by atomic mass is 35.5. The summed E-state index contributed by atoms with van der Waals surface area (Å²) in [5, 5.41) is 4.27. The van der Waals surface area contributed by atoms with Gasteiger partial charge >= 0.3 is 0 Å². The molecule has 0 bridgehead atoms. The molecule has 0 saturated heterocycles. The molecular formula is C14H20ClNO. The third kappa shape index (κ3) is 4.57. The van der Waals surface area contributed by atoms with Crippen LogP contribution in [-0.4, -0.2) is 18.7 Å². The van der Waals surface area contributed by atoms with Crippen molar-refractivity contribution in [3.05, 3.63) is 29.3 Å². The predicted octanol–water partition coefficient (Wildman–Crippen LogP) is 3.64. The van der Waals surface area contributed by atoms with Crippen molar-refractivity contribution in [1.82, 2.24) is 5.32 Å². The quantitative estimate of drug-likeness (QED) is 0.801. The normalized spacial score (nSPS) is 16.8.